The molecule has 0 bridgehead atoms. The Balaban J connectivity index is 0.00000320. The maximum Gasteiger partial charge on any atom is 0.225 e. The number of nitrogens with zero attached hydrogens (tertiary/aromatic N) is 1. The highest BCUT2D eigenvalue weighted by molar-refractivity contribution is 14.0. The molecule has 0 radical (unpaired) electrons. The molecule has 1 aliphatic heterocycles. The molecule has 162 valence electrons. The highest BCUT2D eigenvalue weighted by Gasteiger charge is 2.24. The third kappa shape index (κ3) is 6.62. The van der Waals surface area contributed by atoms with Crippen molar-refractivity contribution in [3.05, 3.63) is 60.2 Å². The molecule has 7 heteroatoms. The summed E-state index contributed by atoms with van der Waals surface area (Å²) in [6.45, 7) is 5.81. The Morgan fingerprint density at radius 3 is 2.50 bits per heavy atom. The van der Waals surface area contributed by atoms with Gasteiger partial charge in [0.05, 0.1) is 0 Å². The van der Waals surface area contributed by atoms with Crippen LogP contribution in [0.15, 0.2) is 59.6 Å². The van der Waals surface area contributed by atoms with Crippen molar-refractivity contribution in [2.75, 3.05) is 30.8 Å². The largest absolute Gasteiger partial charge is 0.380 e. The topological polar surface area (TPSA) is 77.5 Å². The number of rotatable bonds is 7. The number of fused-ring (bicyclic) bond motifs is 1. The Kier molecular flexibility index (Phi) is 9.42. The minimum absolute atomic E-state index is 0. The van der Waals surface area contributed by atoms with Crippen molar-refractivity contribution in [3.63, 3.8) is 0 Å². The predicted octanol–water partition coefficient (Wildman–Crippen LogP) is 4.03. The second-order valence-electron chi connectivity index (χ2n) is 7.73. The SMILES string of the molecule is CN=C(NCC1CC(=O)Nc2ccccc21)NCC(Nc1ccccc1)C(C)C.I. The average molecular weight is 521 g/mol. The highest BCUT2D eigenvalue weighted by Crippen LogP contribution is 2.31. The van der Waals surface area contributed by atoms with Gasteiger partial charge in [-0.3, -0.25) is 9.79 Å². The van der Waals surface area contributed by atoms with Crippen LogP contribution >= 0.6 is 24.0 Å². The van der Waals surface area contributed by atoms with Gasteiger partial charge in [0.15, 0.2) is 5.96 Å². The molecule has 6 nitrogen and oxygen atoms in total. The summed E-state index contributed by atoms with van der Waals surface area (Å²) in [6, 6.07) is 18.5. The van der Waals surface area contributed by atoms with E-state index in [1.54, 1.807) is 7.05 Å². The number of anilines is 2. The molecule has 2 aromatic carbocycles. The Morgan fingerprint density at radius 2 is 1.80 bits per heavy atom. The standard InChI is InChI=1S/C23H31N5O.HI/c1-16(2)21(27-18-9-5-4-6-10-18)15-26-23(24-3)25-14-17-13-22(29)28-20-12-8-7-11-19(17)20;/h4-12,16-17,21,27H,13-15H2,1-3H3,(H,28,29)(H2,24,25,26);1H. The Hall–Kier alpha value is -2.29. The van der Waals surface area contributed by atoms with E-state index >= 15 is 0 Å². The molecule has 1 heterocycles. The van der Waals surface area contributed by atoms with Gasteiger partial charge in [-0.15, -0.1) is 24.0 Å². The predicted molar refractivity (Wildman–Crippen MR) is 136 cm³/mol. The number of hydrogen-bond donors (Lipinski definition) is 4. The second-order valence-corrected chi connectivity index (χ2v) is 7.73. The molecule has 1 aliphatic rings. The molecule has 30 heavy (non-hydrogen) atoms. The smallest absolute Gasteiger partial charge is 0.225 e. The number of para-hydroxylation sites is 2. The number of carbonyl (C=O) groups is 1. The molecule has 3 rings (SSSR count). The molecule has 4 N–H and O–H groups in total. The first kappa shape index (κ1) is 24.0. The summed E-state index contributed by atoms with van der Waals surface area (Å²) in [7, 11) is 1.77. The fourth-order valence-electron chi connectivity index (χ4n) is 3.53. The van der Waals surface area contributed by atoms with E-state index in [0.717, 1.165) is 23.9 Å². The van der Waals surface area contributed by atoms with Crippen molar-refractivity contribution in [1.29, 1.82) is 0 Å². The summed E-state index contributed by atoms with van der Waals surface area (Å²) < 4.78 is 0. The number of carbonyl (C=O) groups excluding carboxylic acids is 1. The molecule has 2 aromatic rings. The number of aliphatic imine (C=N–C) groups is 1. The van der Waals surface area contributed by atoms with E-state index in [4.69, 9.17) is 0 Å². The van der Waals surface area contributed by atoms with Crippen molar-refractivity contribution in [3.8, 4) is 0 Å². The van der Waals surface area contributed by atoms with Gasteiger partial charge in [0.25, 0.3) is 0 Å². The molecule has 0 fully saturated rings. The van der Waals surface area contributed by atoms with E-state index in [0.29, 0.717) is 18.9 Å². The van der Waals surface area contributed by atoms with Crippen LogP contribution in [0.25, 0.3) is 0 Å². The molecule has 2 atom stereocenters. The minimum Gasteiger partial charge on any atom is -0.380 e. The summed E-state index contributed by atoms with van der Waals surface area (Å²) in [5.41, 5.74) is 3.19. The fourth-order valence-corrected chi connectivity index (χ4v) is 3.53. The van der Waals surface area contributed by atoms with Gasteiger partial charge < -0.3 is 21.3 Å². The maximum atomic E-state index is 12.0. The molecule has 2 unspecified atom stereocenters. The molecular formula is C23H32IN5O. The van der Waals surface area contributed by atoms with E-state index in [9.17, 15) is 4.79 Å². The van der Waals surface area contributed by atoms with Gasteiger partial charge in [-0.05, 0) is 29.7 Å². The first-order valence-corrected chi connectivity index (χ1v) is 10.2. The fraction of sp³-hybridized carbons (Fsp3) is 0.391. The number of nitrogens with one attached hydrogen (secondary N) is 4. The monoisotopic (exact) mass is 521 g/mol. The lowest BCUT2D eigenvalue weighted by Crippen LogP contribution is -2.46. The minimum atomic E-state index is 0. The third-order valence-electron chi connectivity index (χ3n) is 5.27. The molecule has 0 saturated carbocycles. The Bertz CT molecular complexity index is 840. The summed E-state index contributed by atoms with van der Waals surface area (Å²) in [4.78, 5) is 16.4. The zero-order chi connectivity index (χ0) is 20.6. The van der Waals surface area contributed by atoms with Crippen LogP contribution in [0.5, 0.6) is 0 Å². The van der Waals surface area contributed by atoms with Gasteiger partial charge in [-0.1, -0.05) is 50.2 Å². The van der Waals surface area contributed by atoms with Crippen molar-refractivity contribution >= 4 is 47.2 Å². The lowest BCUT2D eigenvalue weighted by molar-refractivity contribution is -0.116. The summed E-state index contributed by atoms with van der Waals surface area (Å²) in [5.74, 6) is 1.39. The van der Waals surface area contributed by atoms with E-state index in [1.807, 2.05) is 36.4 Å². The number of hydrogen-bond acceptors (Lipinski definition) is 3. The van der Waals surface area contributed by atoms with E-state index in [2.05, 4.69) is 58.3 Å². The number of benzene rings is 2. The van der Waals surface area contributed by atoms with Crippen LogP contribution in [0.4, 0.5) is 11.4 Å². The molecule has 0 aliphatic carbocycles. The van der Waals surface area contributed by atoms with Crippen LogP contribution in [0.1, 0.15) is 31.7 Å². The first-order valence-electron chi connectivity index (χ1n) is 10.2. The van der Waals surface area contributed by atoms with Gasteiger partial charge in [-0.25, -0.2) is 0 Å². The van der Waals surface area contributed by atoms with Crippen molar-refractivity contribution < 1.29 is 4.79 Å². The lowest BCUT2D eigenvalue weighted by atomic mass is 9.90. The maximum absolute atomic E-state index is 12.0. The lowest BCUT2D eigenvalue weighted by Gasteiger charge is -2.27. The van der Waals surface area contributed by atoms with Gasteiger partial charge in [-0.2, -0.15) is 0 Å². The van der Waals surface area contributed by atoms with Crippen molar-refractivity contribution in [2.45, 2.75) is 32.2 Å². The van der Waals surface area contributed by atoms with Crippen LogP contribution in [0.3, 0.4) is 0 Å². The zero-order valence-electron chi connectivity index (χ0n) is 17.8. The van der Waals surface area contributed by atoms with Crippen LogP contribution in [0, 0.1) is 5.92 Å². The average Bonchev–Trinajstić information content (AvgIpc) is 2.73. The van der Waals surface area contributed by atoms with Crippen LogP contribution in [-0.2, 0) is 4.79 Å². The van der Waals surface area contributed by atoms with E-state index in [-0.39, 0.29) is 41.8 Å². The first-order chi connectivity index (χ1) is 14.1. The van der Waals surface area contributed by atoms with Gasteiger partial charge >= 0.3 is 0 Å². The molecular weight excluding hydrogens is 489 g/mol. The summed E-state index contributed by atoms with van der Waals surface area (Å²) >= 11 is 0. The number of amides is 1. The van der Waals surface area contributed by atoms with Crippen molar-refractivity contribution in [2.24, 2.45) is 10.9 Å². The number of halogens is 1. The molecule has 1 amide bonds. The van der Waals surface area contributed by atoms with E-state index < -0.39 is 0 Å². The summed E-state index contributed by atoms with van der Waals surface area (Å²) in [6.07, 6.45) is 0.477. The third-order valence-corrected chi connectivity index (χ3v) is 5.27. The molecule has 0 saturated heterocycles. The second kappa shape index (κ2) is 11.8. The Labute approximate surface area is 196 Å². The van der Waals surface area contributed by atoms with Gasteiger partial charge in [0, 0.05) is 49.9 Å². The highest BCUT2D eigenvalue weighted by atomic mass is 127. The van der Waals surface area contributed by atoms with Crippen LogP contribution < -0.4 is 21.3 Å². The quantitative estimate of drug-likeness (QED) is 0.252. The van der Waals surface area contributed by atoms with Crippen LogP contribution in [0.2, 0.25) is 0 Å². The zero-order valence-corrected chi connectivity index (χ0v) is 20.1. The van der Waals surface area contributed by atoms with Gasteiger partial charge in [0.2, 0.25) is 5.91 Å². The van der Waals surface area contributed by atoms with E-state index in [1.165, 1.54) is 5.56 Å². The van der Waals surface area contributed by atoms with Gasteiger partial charge in [0.1, 0.15) is 0 Å². The normalized spacial score (nSPS) is 16.7. The van der Waals surface area contributed by atoms with Crippen LogP contribution in [-0.4, -0.2) is 38.0 Å². The number of guanidine groups is 1. The summed E-state index contributed by atoms with van der Waals surface area (Å²) in [5, 5.41) is 13.3. The van der Waals surface area contributed by atoms with Crippen molar-refractivity contribution in [1.82, 2.24) is 10.6 Å². The molecule has 0 aromatic heterocycles. The Morgan fingerprint density at radius 1 is 1.10 bits per heavy atom. The molecule has 0 spiro atoms.